The molecule has 1 aromatic rings. The van der Waals surface area contributed by atoms with Crippen LogP contribution in [-0.2, 0) is 11.2 Å². The number of rotatable bonds is 2. The van der Waals surface area contributed by atoms with Crippen LogP contribution in [0.15, 0.2) is 24.3 Å². The molecule has 2 aliphatic rings. The summed E-state index contributed by atoms with van der Waals surface area (Å²) in [5.74, 6) is 0. The third kappa shape index (κ3) is 2.76. The molecular weight excluding hydrogens is 222 g/mol. The lowest BCUT2D eigenvalue weighted by atomic mass is 9.92. The van der Waals surface area contributed by atoms with Crippen LogP contribution in [0.3, 0.4) is 0 Å². The van der Waals surface area contributed by atoms with Gasteiger partial charge in [-0.3, -0.25) is 0 Å². The Bertz CT molecular complexity index is 382. The highest BCUT2D eigenvalue weighted by Crippen LogP contribution is 2.31. The van der Waals surface area contributed by atoms with Crippen LogP contribution >= 0.6 is 0 Å². The second kappa shape index (κ2) is 5.85. The number of ether oxygens (including phenoxy) is 1. The van der Waals surface area contributed by atoms with Gasteiger partial charge in [0.15, 0.2) is 0 Å². The molecule has 2 nitrogen and oxygen atoms in total. The second-order valence-corrected chi connectivity index (χ2v) is 5.54. The molecule has 0 radical (unpaired) electrons. The Hall–Kier alpha value is -0.860. The minimum absolute atomic E-state index is 0.311. The largest absolute Gasteiger partial charge is 0.373 e. The maximum Gasteiger partial charge on any atom is 0.0842 e. The molecule has 0 aromatic heterocycles. The van der Waals surface area contributed by atoms with Crippen molar-refractivity contribution >= 4 is 0 Å². The van der Waals surface area contributed by atoms with E-state index in [1.165, 1.54) is 43.4 Å². The zero-order valence-electron chi connectivity index (χ0n) is 11.0. The maximum absolute atomic E-state index is 6.01. The standard InChI is InChI=1S/C16H23NO/c1-2-7-14(17-10-5-1)12-16-15-8-4-3-6-13(15)9-11-18-16/h3-4,6,8,14,16-17H,1-2,5,7,9-12H2. The monoisotopic (exact) mass is 245 g/mol. The van der Waals surface area contributed by atoms with E-state index < -0.39 is 0 Å². The third-order valence-electron chi connectivity index (χ3n) is 4.25. The predicted molar refractivity (Wildman–Crippen MR) is 73.7 cm³/mol. The normalized spacial score (nSPS) is 28.4. The molecule has 1 fully saturated rings. The summed E-state index contributed by atoms with van der Waals surface area (Å²) in [5, 5.41) is 3.68. The SMILES string of the molecule is c1ccc2c(c1)CCOC2CC1CCCCCN1. The molecule has 1 aromatic carbocycles. The van der Waals surface area contributed by atoms with Crippen LogP contribution in [0.4, 0.5) is 0 Å². The van der Waals surface area contributed by atoms with Gasteiger partial charge in [-0.05, 0) is 43.4 Å². The van der Waals surface area contributed by atoms with Crippen molar-refractivity contribution in [2.45, 2.75) is 50.7 Å². The van der Waals surface area contributed by atoms with Crippen LogP contribution in [0.25, 0.3) is 0 Å². The van der Waals surface area contributed by atoms with E-state index in [1.807, 2.05) is 0 Å². The average Bonchev–Trinajstić information content (AvgIpc) is 2.68. The van der Waals surface area contributed by atoms with Gasteiger partial charge < -0.3 is 10.1 Å². The molecular formula is C16H23NO. The zero-order valence-corrected chi connectivity index (χ0v) is 11.0. The highest BCUT2D eigenvalue weighted by atomic mass is 16.5. The van der Waals surface area contributed by atoms with E-state index in [1.54, 1.807) is 0 Å². The first-order chi connectivity index (χ1) is 8.93. The van der Waals surface area contributed by atoms with Crippen molar-refractivity contribution < 1.29 is 4.74 Å². The van der Waals surface area contributed by atoms with Gasteiger partial charge in [0.1, 0.15) is 0 Å². The Balaban J connectivity index is 1.69. The molecule has 0 amide bonds. The molecule has 0 aliphatic carbocycles. The van der Waals surface area contributed by atoms with E-state index in [-0.39, 0.29) is 0 Å². The van der Waals surface area contributed by atoms with Crippen molar-refractivity contribution in [3.05, 3.63) is 35.4 Å². The Labute approximate surface area is 110 Å². The van der Waals surface area contributed by atoms with E-state index in [2.05, 4.69) is 29.6 Å². The fraction of sp³-hybridized carbons (Fsp3) is 0.625. The summed E-state index contributed by atoms with van der Waals surface area (Å²) in [4.78, 5) is 0. The van der Waals surface area contributed by atoms with Crippen molar-refractivity contribution in [3.63, 3.8) is 0 Å². The summed E-state index contributed by atoms with van der Waals surface area (Å²) < 4.78 is 6.01. The van der Waals surface area contributed by atoms with Crippen LogP contribution in [-0.4, -0.2) is 19.2 Å². The van der Waals surface area contributed by atoms with Gasteiger partial charge in [-0.2, -0.15) is 0 Å². The van der Waals surface area contributed by atoms with Crippen molar-refractivity contribution in [3.8, 4) is 0 Å². The molecule has 0 bridgehead atoms. The van der Waals surface area contributed by atoms with Gasteiger partial charge in [-0.1, -0.05) is 37.1 Å². The lowest BCUT2D eigenvalue weighted by molar-refractivity contribution is 0.0292. The molecule has 0 spiro atoms. The quantitative estimate of drug-likeness (QED) is 0.863. The summed E-state index contributed by atoms with van der Waals surface area (Å²) in [6, 6.07) is 9.43. The Morgan fingerprint density at radius 1 is 1.17 bits per heavy atom. The zero-order chi connectivity index (χ0) is 12.2. The number of fused-ring (bicyclic) bond motifs is 1. The van der Waals surface area contributed by atoms with E-state index in [0.29, 0.717) is 12.1 Å². The van der Waals surface area contributed by atoms with Crippen molar-refractivity contribution in [1.82, 2.24) is 5.32 Å². The molecule has 0 saturated carbocycles. The average molecular weight is 245 g/mol. The first-order valence-electron chi connectivity index (χ1n) is 7.36. The molecule has 18 heavy (non-hydrogen) atoms. The number of benzene rings is 1. The first kappa shape index (κ1) is 12.2. The van der Waals surface area contributed by atoms with E-state index in [9.17, 15) is 0 Å². The lowest BCUT2D eigenvalue weighted by Gasteiger charge is -2.29. The summed E-state index contributed by atoms with van der Waals surface area (Å²) in [5.41, 5.74) is 2.91. The van der Waals surface area contributed by atoms with Gasteiger partial charge in [-0.15, -0.1) is 0 Å². The molecule has 1 N–H and O–H groups in total. The number of hydrogen-bond acceptors (Lipinski definition) is 2. The van der Waals surface area contributed by atoms with Gasteiger partial charge in [0.25, 0.3) is 0 Å². The van der Waals surface area contributed by atoms with E-state index in [4.69, 9.17) is 4.74 Å². The molecule has 2 unspecified atom stereocenters. The van der Waals surface area contributed by atoms with Gasteiger partial charge in [-0.25, -0.2) is 0 Å². The van der Waals surface area contributed by atoms with Crippen molar-refractivity contribution in [1.29, 1.82) is 0 Å². The summed E-state index contributed by atoms with van der Waals surface area (Å²) in [7, 11) is 0. The molecule has 2 heteroatoms. The van der Waals surface area contributed by atoms with Crippen LogP contribution < -0.4 is 5.32 Å². The fourth-order valence-electron chi connectivity index (χ4n) is 3.23. The smallest absolute Gasteiger partial charge is 0.0842 e. The van der Waals surface area contributed by atoms with Crippen LogP contribution in [0.5, 0.6) is 0 Å². The summed E-state index contributed by atoms with van der Waals surface area (Å²) in [6.45, 7) is 2.06. The fourth-order valence-corrected chi connectivity index (χ4v) is 3.23. The molecule has 3 rings (SSSR count). The lowest BCUT2D eigenvalue weighted by Crippen LogP contribution is -2.31. The van der Waals surface area contributed by atoms with Crippen molar-refractivity contribution in [2.75, 3.05) is 13.2 Å². The number of hydrogen-bond donors (Lipinski definition) is 1. The molecule has 98 valence electrons. The predicted octanol–water partition coefficient (Wildman–Crippen LogP) is 3.22. The Kier molecular flexibility index (Phi) is 3.96. The highest BCUT2D eigenvalue weighted by molar-refractivity contribution is 5.31. The summed E-state index contributed by atoms with van der Waals surface area (Å²) in [6.07, 6.45) is 7.91. The minimum Gasteiger partial charge on any atom is -0.373 e. The topological polar surface area (TPSA) is 21.3 Å². The van der Waals surface area contributed by atoms with Crippen LogP contribution in [0, 0.1) is 0 Å². The minimum atomic E-state index is 0.311. The van der Waals surface area contributed by atoms with Crippen molar-refractivity contribution in [2.24, 2.45) is 0 Å². The Morgan fingerprint density at radius 2 is 2.11 bits per heavy atom. The van der Waals surface area contributed by atoms with E-state index in [0.717, 1.165) is 19.4 Å². The Morgan fingerprint density at radius 3 is 3.11 bits per heavy atom. The van der Waals surface area contributed by atoms with Gasteiger partial charge in [0.2, 0.25) is 0 Å². The van der Waals surface area contributed by atoms with E-state index >= 15 is 0 Å². The molecule has 2 aliphatic heterocycles. The van der Waals surface area contributed by atoms with Crippen LogP contribution in [0.1, 0.15) is 49.3 Å². The summed E-state index contributed by atoms with van der Waals surface area (Å²) >= 11 is 0. The maximum atomic E-state index is 6.01. The van der Waals surface area contributed by atoms with Gasteiger partial charge in [0, 0.05) is 6.04 Å². The van der Waals surface area contributed by atoms with Crippen LogP contribution in [0.2, 0.25) is 0 Å². The van der Waals surface area contributed by atoms with Gasteiger partial charge in [0.05, 0.1) is 12.7 Å². The third-order valence-corrected chi connectivity index (χ3v) is 4.25. The first-order valence-corrected chi connectivity index (χ1v) is 7.36. The molecule has 2 heterocycles. The van der Waals surface area contributed by atoms with Gasteiger partial charge >= 0.3 is 0 Å². The number of nitrogens with one attached hydrogen (secondary N) is 1. The highest BCUT2D eigenvalue weighted by Gasteiger charge is 2.24. The molecule has 2 atom stereocenters. The molecule has 1 saturated heterocycles. The second-order valence-electron chi connectivity index (χ2n) is 5.54.